The number of piperidine rings is 1. The van der Waals surface area contributed by atoms with Gasteiger partial charge in [0.15, 0.2) is 6.29 Å². The van der Waals surface area contributed by atoms with Crippen LogP contribution in [0.2, 0.25) is 0 Å². The summed E-state index contributed by atoms with van der Waals surface area (Å²) in [6.45, 7) is 6.94. The van der Waals surface area contributed by atoms with Crippen LogP contribution in [0.5, 0.6) is 5.75 Å². The van der Waals surface area contributed by atoms with E-state index in [2.05, 4.69) is 37.7 Å². The zero-order valence-corrected chi connectivity index (χ0v) is 14.2. The number of hydrogen-bond acceptors (Lipinski definition) is 4. The topological polar surface area (TPSA) is 32.8 Å². The van der Waals surface area contributed by atoms with E-state index >= 15 is 0 Å². The van der Waals surface area contributed by atoms with Crippen LogP contribution in [-0.2, 0) is 0 Å². The third kappa shape index (κ3) is 4.23. The van der Waals surface area contributed by atoms with Gasteiger partial charge in [-0.05, 0) is 45.0 Å². The van der Waals surface area contributed by atoms with Crippen LogP contribution in [0.15, 0.2) is 18.2 Å². The quantitative estimate of drug-likeness (QED) is 0.756. The molecule has 1 aliphatic rings. The molecule has 122 valence electrons. The summed E-state index contributed by atoms with van der Waals surface area (Å²) < 4.78 is 5.81. The first-order valence-corrected chi connectivity index (χ1v) is 8.14. The van der Waals surface area contributed by atoms with Gasteiger partial charge in [-0.25, -0.2) is 0 Å². The number of rotatable bonds is 6. The molecule has 2 rings (SSSR count). The Morgan fingerprint density at radius 1 is 1.32 bits per heavy atom. The summed E-state index contributed by atoms with van der Waals surface area (Å²) in [5.74, 6) is 1.15. The molecular formula is C18H28N2O2. The van der Waals surface area contributed by atoms with Crippen LogP contribution in [-0.4, -0.2) is 51.0 Å². The Balaban J connectivity index is 2.08. The van der Waals surface area contributed by atoms with Crippen molar-refractivity contribution in [2.24, 2.45) is 5.92 Å². The molecule has 22 heavy (non-hydrogen) atoms. The Morgan fingerprint density at radius 3 is 2.55 bits per heavy atom. The maximum absolute atomic E-state index is 11.2. The molecule has 1 aliphatic heterocycles. The molecule has 0 radical (unpaired) electrons. The van der Waals surface area contributed by atoms with E-state index in [1.807, 2.05) is 18.2 Å². The molecular weight excluding hydrogens is 276 g/mol. The van der Waals surface area contributed by atoms with E-state index in [4.69, 9.17) is 4.74 Å². The summed E-state index contributed by atoms with van der Waals surface area (Å²) in [5, 5.41) is 0. The van der Waals surface area contributed by atoms with Gasteiger partial charge < -0.3 is 14.5 Å². The van der Waals surface area contributed by atoms with Gasteiger partial charge in [-0.15, -0.1) is 0 Å². The standard InChI is InChI=1S/C18H28N2O2/c1-14(2)13-22-18-11-17(6-5-15(18)12-21)20-9-7-16(8-10-20)19(3)4/h5-6,11-12,14,16H,7-10,13H2,1-4H3. The van der Waals surface area contributed by atoms with Crippen LogP contribution in [0.3, 0.4) is 0 Å². The summed E-state index contributed by atoms with van der Waals surface area (Å²) in [6.07, 6.45) is 3.22. The van der Waals surface area contributed by atoms with Crippen molar-refractivity contribution in [1.29, 1.82) is 0 Å². The molecule has 1 aromatic rings. The number of aldehydes is 1. The van der Waals surface area contributed by atoms with E-state index in [0.29, 0.717) is 29.9 Å². The lowest BCUT2D eigenvalue weighted by atomic mass is 10.0. The summed E-state index contributed by atoms with van der Waals surface area (Å²) in [7, 11) is 4.30. The van der Waals surface area contributed by atoms with Gasteiger partial charge in [0.25, 0.3) is 0 Å². The fourth-order valence-electron chi connectivity index (χ4n) is 2.84. The first-order chi connectivity index (χ1) is 10.5. The summed E-state index contributed by atoms with van der Waals surface area (Å²) in [4.78, 5) is 15.9. The fourth-order valence-corrected chi connectivity index (χ4v) is 2.84. The molecule has 0 N–H and O–H groups in total. The van der Waals surface area contributed by atoms with E-state index in [1.54, 1.807) is 0 Å². The van der Waals surface area contributed by atoms with Crippen molar-refractivity contribution < 1.29 is 9.53 Å². The Kier molecular flexibility index (Phi) is 5.83. The molecule has 1 saturated heterocycles. The second-order valence-corrected chi connectivity index (χ2v) is 6.73. The number of benzene rings is 1. The molecule has 0 aliphatic carbocycles. The van der Waals surface area contributed by atoms with Crippen molar-refractivity contribution in [1.82, 2.24) is 4.90 Å². The van der Waals surface area contributed by atoms with E-state index < -0.39 is 0 Å². The van der Waals surface area contributed by atoms with E-state index in [0.717, 1.165) is 25.1 Å². The molecule has 4 nitrogen and oxygen atoms in total. The largest absolute Gasteiger partial charge is 0.492 e. The highest BCUT2D eigenvalue weighted by Crippen LogP contribution is 2.28. The zero-order valence-electron chi connectivity index (χ0n) is 14.2. The number of carbonyl (C=O) groups excluding carboxylic acids is 1. The van der Waals surface area contributed by atoms with Gasteiger partial charge in [0.2, 0.25) is 0 Å². The van der Waals surface area contributed by atoms with Crippen molar-refractivity contribution in [3.8, 4) is 5.75 Å². The average Bonchev–Trinajstić information content (AvgIpc) is 2.52. The summed E-state index contributed by atoms with van der Waals surface area (Å²) in [6, 6.07) is 6.59. The predicted molar refractivity (Wildman–Crippen MR) is 91.1 cm³/mol. The highest BCUT2D eigenvalue weighted by molar-refractivity contribution is 5.80. The van der Waals surface area contributed by atoms with Gasteiger partial charge in [-0.3, -0.25) is 4.79 Å². The van der Waals surface area contributed by atoms with E-state index in [-0.39, 0.29) is 0 Å². The molecule has 0 aromatic heterocycles. The molecule has 4 heteroatoms. The average molecular weight is 304 g/mol. The van der Waals surface area contributed by atoms with Crippen LogP contribution in [0, 0.1) is 5.92 Å². The molecule has 0 spiro atoms. The van der Waals surface area contributed by atoms with Gasteiger partial charge >= 0.3 is 0 Å². The molecule has 0 atom stereocenters. The SMILES string of the molecule is CC(C)COc1cc(N2CCC(N(C)C)CC2)ccc1C=O. The van der Waals surface area contributed by atoms with Crippen molar-refractivity contribution >= 4 is 12.0 Å². The van der Waals surface area contributed by atoms with Crippen LogP contribution in [0.1, 0.15) is 37.0 Å². The Labute approximate surface area is 134 Å². The number of ether oxygens (including phenoxy) is 1. The number of nitrogens with zero attached hydrogens (tertiary/aromatic N) is 2. The molecule has 1 aromatic carbocycles. The van der Waals surface area contributed by atoms with Crippen LogP contribution >= 0.6 is 0 Å². The van der Waals surface area contributed by atoms with Crippen molar-refractivity contribution in [3.63, 3.8) is 0 Å². The van der Waals surface area contributed by atoms with Gasteiger partial charge in [0.05, 0.1) is 12.2 Å². The Bertz CT molecular complexity index is 492. The number of anilines is 1. The fraction of sp³-hybridized carbons (Fsp3) is 0.611. The lowest BCUT2D eigenvalue weighted by Crippen LogP contribution is -2.42. The molecule has 1 fully saturated rings. The molecule has 0 saturated carbocycles. The third-order valence-electron chi connectivity index (χ3n) is 4.26. The van der Waals surface area contributed by atoms with Crippen LogP contribution in [0.4, 0.5) is 5.69 Å². The van der Waals surface area contributed by atoms with Gasteiger partial charge in [0, 0.05) is 30.9 Å². The van der Waals surface area contributed by atoms with Crippen LogP contribution in [0.25, 0.3) is 0 Å². The lowest BCUT2D eigenvalue weighted by Gasteiger charge is -2.36. The lowest BCUT2D eigenvalue weighted by molar-refractivity contribution is 0.111. The molecule has 0 amide bonds. The Morgan fingerprint density at radius 2 is 2.00 bits per heavy atom. The molecule has 0 unspecified atom stereocenters. The van der Waals surface area contributed by atoms with Gasteiger partial charge in [0.1, 0.15) is 5.75 Å². The second-order valence-electron chi connectivity index (χ2n) is 6.73. The van der Waals surface area contributed by atoms with Gasteiger partial charge in [-0.1, -0.05) is 13.8 Å². The maximum atomic E-state index is 11.2. The van der Waals surface area contributed by atoms with E-state index in [9.17, 15) is 4.79 Å². The minimum absolute atomic E-state index is 0.444. The van der Waals surface area contributed by atoms with Crippen LogP contribution < -0.4 is 9.64 Å². The molecule has 0 bridgehead atoms. The van der Waals surface area contributed by atoms with Crippen molar-refractivity contribution in [3.05, 3.63) is 23.8 Å². The summed E-state index contributed by atoms with van der Waals surface area (Å²) >= 11 is 0. The molecule has 1 heterocycles. The highest BCUT2D eigenvalue weighted by atomic mass is 16.5. The predicted octanol–water partition coefficient (Wildman–Crippen LogP) is 3.06. The maximum Gasteiger partial charge on any atom is 0.153 e. The van der Waals surface area contributed by atoms with E-state index in [1.165, 1.54) is 12.8 Å². The number of carbonyl (C=O) groups is 1. The normalized spacial score (nSPS) is 16.4. The monoisotopic (exact) mass is 304 g/mol. The van der Waals surface area contributed by atoms with Crippen molar-refractivity contribution in [2.45, 2.75) is 32.7 Å². The smallest absolute Gasteiger partial charge is 0.153 e. The van der Waals surface area contributed by atoms with Crippen molar-refractivity contribution in [2.75, 3.05) is 38.7 Å². The zero-order chi connectivity index (χ0) is 16.1. The second kappa shape index (κ2) is 7.63. The highest BCUT2D eigenvalue weighted by Gasteiger charge is 2.21. The summed E-state index contributed by atoms with van der Waals surface area (Å²) in [5.41, 5.74) is 1.79. The third-order valence-corrected chi connectivity index (χ3v) is 4.26. The first kappa shape index (κ1) is 16.8. The number of hydrogen-bond donors (Lipinski definition) is 0. The minimum Gasteiger partial charge on any atom is -0.492 e. The van der Waals surface area contributed by atoms with Gasteiger partial charge in [-0.2, -0.15) is 0 Å². The first-order valence-electron chi connectivity index (χ1n) is 8.14. The minimum atomic E-state index is 0.444. The Hall–Kier alpha value is -1.55.